The van der Waals surface area contributed by atoms with Crippen molar-refractivity contribution in [3.8, 4) is 11.4 Å². The van der Waals surface area contributed by atoms with Crippen molar-refractivity contribution in [2.24, 2.45) is 11.1 Å². The van der Waals surface area contributed by atoms with Gasteiger partial charge in [0.15, 0.2) is 5.82 Å². The summed E-state index contributed by atoms with van der Waals surface area (Å²) < 4.78 is 0. The number of hydrogen-bond acceptors (Lipinski definition) is 4. The lowest BCUT2D eigenvalue weighted by molar-refractivity contribution is -0.123. The van der Waals surface area contributed by atoms with E-state index in [2.05, 4.69) is 15.3 Å². The molecular formula is C15H19ClN4O. The van der Waals surface area contributed by atoms with E-state index in [1.807, 2.05) is 30.3 Å². The van der Waals surface area contributed by atoms with Gasteiger partial charge in [-0.15, -0.1) is 12.4 Å². The summed E-state index contributed by atoms with van der Waals surface area (Å²) in [5.74, 6) is 0.484. The molecule has 0 aliphatic rings. The average Bonchev–Trinajstić information content (AvgIpc) is 2.49. The lowest BCUT2D eigenvalue weighted by Gasteiger charge is -2.20. The van der Waals surface area contributed by atoms with Gasteiger partial charge >= 0.3 is 0 Å². The van der Waals surface area contributed by atoms with E-state index in [0.29, 0.717) is 11.5 Å². The fourth-order valence-electron chi connectivity index (χ4n) is 1.52. The summed E-state index contributed by atoms with van der Waals surface area (Å²) in [6, 6.07) is 9.67. The van der Waals surface area contributed by atoms with Crippen LogP contribution in [0.1, 0.15) is 13.8 Å². The second kappa shape index (κ2) is 7.15. The molecule has 5 nitrogen and oxygen atoms in total. The predicted molar refractivity (Wildman–Crippen MR) is 86.2 cm³/mol. The van der Waals surface area contributed by atoms with Crippen LogP contribution in [0.2, 0.25) is 0 Å². The Morgan fingerprint density at radius 1 is 1.19 bits per heavy atom. The van der Waals surface area contributed by atoms with Gasteiger partial charge in [0.1, 0.15) is 0 Å². The Labute approximate surface area is 130 Å². The first kappa shape index (κ1) is 17.1. The molecule has 0 spiro atoms. The number of carbonyl (C=O) groups excluding carboxylic acids is 1. The highest BCUT2D eigenvalue weighted by Gasteiger charge is 2.25. The molecule has 6 heteroatoms. The lowest BCUT2D eigenvalue weighted by Crippen LogP contribution is -2.37. The van der Waals surface area contributed by atoms with E-state index in [1.165, 1.54) is 0 Å². The standard InChI is InChI=1S/C15H18N4O.ClH/c1-15(2,10-16)14(20)19-12-8-17-13(18-9-12)11-6-4-3-5-7-11;/h3-9H,10,16H2,1-2H3,(H,19,20);1H. The molecule has 0 saturated heterocycles. The van der Waals surface area contributed by atoms with Gasteiger partial charge in [-0.25, -0.2) is 9.97 Å². The van der Waals surface area contributed by atoms with Crippen molar-refractivity contribution in [2.75, 3.05) is 11.9 Å². The number of aromatic nitrogens is 2. The summed E-state index contributed by atoms with van der Waals surface area (Å²) in [5, 5.41) is 2.77. The smallest absolute Gasteiger partial charge is 0.231 e. The average molecular weight is 307 g/mol. The van der Waals surface area contributed by atoms with Gasteiger partial charge in [-0.2, -0.15) is 0 Å². The van der Waals surface area contributed by atoms with Gasteiger partial charge in [-0.3, -0.25) is 4.79 Å². The van der Waals surface area contributed by atoms with E-state index < -0.39 is 5.41 Å². The molecule has 0 aliphatic carbocycles. The van der Waals surface area contributed by atoms with Crippen LogP contribution >= 0.6 is 12.4 Å². The number of nitrogens with zero attached hydrogens (tertiary/aromatic N) is 2. The molecule has 112 valence electrons. The van der Waals surface area contributed by atoms with Gasteiger partial charge in [-0.1, -0.05) is 30.3 Å². The van der Waals surface area contributed by atoms with Crippen LogP contribution in [-0.2, 0) is 4.79 Å². The zero-order valence-corrected chi connectivity index (χ0v) is 12.9. The van der Waals surface area contributed by atoms with Crippen LogP contribution in [0.25, 0.3) is 11.4 Å². The van der Waals surface area contributed by atoms with Gasteiger partial charge in [0, 0.05) is 12.1 Å². The second-order valence-corrected chi connectivity index (χ2v) is 5.20. The normalized spacial score (nSPS) is 10.6. The second-order valence-electron chi connectivity index (χ2n) is 5.20. The minimum atomic E-state index is -0.613. The summed E-state index contributed by atoms with van der Waals surface area (Å²) in [6.07, 6.45) is 3.19. The molecule has 0 saturated carbocycles. The largest absolute Gasteiger partial charge is 0.329 e. The van der Waals surface area contributed by atoms with Crippen molar-refractivity contribution in [3.05, 3.63) is 42.7 Å². The molecule has 3 N–H and O–H groups in total. The van der Waals surface area contributed by atoms with Crippen LogP contribution in [-0.4, -0.2) is 22.4 Å². The Bertz CT molecular complexity index is 584. The molecule has 2 aromatic rings. The van der Waals surface area contributed by atoms with Gasteiger partial charge < -0.3 is 11.1 Å². The third-order valence-corrected chi connectivity index (χ3v) is 3.07. The van der Waals surface area contributed by atoms with E-state index in [0.717, 1.165) is 5.56 Å². The Balaban J connectivity index is 0.00000220. The number of carbonyl (C=O) groups is 1. The van der Waals surface area contributed by atoms with Crippen LogP contribution in [0.15, 0.2) is 42.7 Å². The molecule has 0 unspecified atom stereocenters. The molecular weight excluding hydrogens is 288 g/mol. The molecule has 2 rings (SSSR count). The zero-order chi connectivity index (χ0) is 14.6. The third kappa shape index (κ3) is 4.24. The van der Waals surface area contributed by atoms with Crippen LogP contribution in [0.5, 0.6) is 0 Å². The van der Waals surface area contributed by atoms with Crippen LogP contribution in [0.4, 0.5) is 5.69 Å². The first-order valence-electron chi connectivity index (χ1n) is 6.42. The van der Waals surface area contributed by atoms with Gasteiger partial charge in [0.05, 0.1) is 23.5 Å². The minimum Gasteiger partial charge on any atom is -0.329 e. The maximum atomic E-state index is 12.0. The van der Waals surface area contributed by atoms with Crippen molar-refractivity contribution in [1.29, 1.82) is 0 Å². The summed E-state index contributed by atoms with van der Waals surface area (Å²) in [5.41, 5.74) is 6.46. The fourth-order valence-corrected chi connectivity index (χ4v) is 1.52. The number of halogens is 1. The minimum absolute atomic E-state index is 0. The monoisotopic (exact) mass is 306 g/mol. The molecule has 0 fully saturated rings. The summed E-state index contributed by atoms with van der Waals surface area (Å²) in [7, 11) is 0. The number of nitrogens with two attached hydrogens (primary N) is 1. The quantitative estimate of drug-likeness (QED) is 0.909. The number of benzene rings is 1. The van der Waals surface area contributed by atoms with Gasteiger partial charge in [0.2, 0.25) is 5.91 Å². The van der Waals surface area contributed by atoms with Gasteiger partial charge in [0.25, 0.3) is 0 Å². The van der Waals surface area contributed by atoms with E-state index in [1.54, 1.807) is 26.2 Å². The molecule has 0 radical (unpaired) electrons. The van der Waals surface area contributed by atoms with Crippen LogP contribution in [0.3, 0.4) is 0 Å². The zero-order valence-electron chi connectivity index (χ0n) is 12.0. The highest BCUT2D eigenvalue weighted by Crippen LogP contribution is 2.18. The van der Waals surface area contributed by atoms with Crippen molar-refractivity contribution in [3.63, 3.8) is 0 Å². The number of amides is 1. The Morgan fingerprint density at radius 3 is 2.29 bits per heavy atom. The van der Waals surface area contributed by atoms with Gasteiger partial charge in [-0.05, 0) is 13.8 Å². The van der Waals surface area contributed by atoms with E-state index >= 15 is 0 Å². The SMILES string of the molecule is CC(C)(CN)C(=O)Nc1cnc(-c2ccccc2)nc1.Cl. The van der Waals surface area contributed by atoms with Crippen LogP contribution < -0.4 is 11.1 Å². The Kier molecular flexibility index (Phi) is 5.81. The summed E-state index contributed by atoms with van der Waals surface area (Å²) >= 11 is 0. The highest BCUT2D eigenvalue weighted by atomic mass is 35.5. The van der Waals surface area contributed by atoms with Crippen molar-refractivity contribution < 1.29 is 4.79 Å². The number of anilines is 1. The van der Waals surface area contributed by atoms with Crippen molar-refractivity contribution >= 4 is 24.0 Å². The first-order valence-corrected chi connectivity index (χ1v) is 6.42. The molecule has 21 heavy (non-hydrogen) atoms. The molecule has 1 aromatic carbocycles. The van der Waals surface area contributed by atoms with E-state index in [4.69, 9.17) is 5.73 Å². The predicted octanol–water partition coefficient (Wildman–Crippen LogP) is 2.49. The molecule has 0 atom stereocenters. The number of rotatable bonds is 4. The summed E-state index contributed by atoms with van der Waals surface area (Å²) in [6.45, 7) is 3.87. The Hall–Kier alpha value is -1.98. The molecule has 1 heterocycles. The molecule has 1 amide bonds. The topological polar surface area (TPSA) is 80.9 Å². The molecule has 0 aliphatic heterocycles. The maximum absolute atomic E-state index is 12.0. The molecule has 0 bridgehead atoms. The third-order valence-electron chi connectivity index (χ3n) is 3.07. The lowest BCUT2D eigenvalue weighted by atomic mass is 9.93. The maximum Gasteiger partial charge on any atom is 0.231 e. The van der Waals surface area contributed by atoms with Crippen molar-refractivity contribution in [1.82, 2.24) is 9.97 Å². The van der Waals surface area contributed by atoms with E-state index in [9.17, 15) is 4.79 Å². The Morgan fingerprint density at radius 2 is 1.76 bits per heavy atom. The summed E-state index contributed by atoms with van der Waals surface area (Å²) in [4.78, 5) is 20.5. The first-order chi connectivity index (χ1) is 9.53. The number of nitrogens with one attached hydrogen (secondary N) is 1. The van der Waals surface area contributed by atoms with Crippen molar-refractivity contribution in [2.45, 2.75) is 13.8 Å². The number of hydrogen-bond donors (Lipinski definition) is 2. The van der Waals surface area contributed by atoms with Crippen LogP contribution in [0, 0.1) is 5.41 Å². The highest BCUT2D eigenvalue weighted by molar-refractivity contribution is 5.94. The molecule has 1 aromatic heterocycles. The van der Waals surface area contributed by atoms with E-state index in [-0.39, 0.29) is 24.9 Å². The fraction of sp³-hybridized carbons (Fsp3) is 0.267.